The van der Waals surface area contributed by atoms with Crippen LogP contribution in [0.2, 0.25) is 5.02 Å². The van der Waals surface area contributed by atoms with E-state index in [1.165, 1.54) is 11.8 Å². The molecule has 6 nitrogen and oxygen atoms in total. The fourth-order valence-corrected chi connectivity index (χ4v) is 5.38. The smallest absolute Gasteiger partial charge is 0.304 e. The van der Waals surface area contributed by atoms with Crippen LogP contribution in [0.1, 0.15) is 33.9 Å². The van der Waals surface area contributed by atoms with E-state index in [0.717, 1.165) is 16.8 Å². The Morgan fingerprint density at radius 1 is 1.24 bits per heavy atom. The Balaban J connectivity index is 1.96. The van der Waals surface area contributed by atoms with Crippen LogP contribution in [0.3, 0.4) is 0 Å². The van der Waals surface area contributed by atoms with Crippen LogP contribution in [-0.4, -0.2) is 34.8 Å². The molecule has 0 aliphatic carbocycles. The van der Waals surface area contributed by atoms with E-state index in [4.69, 9.17) is 21.1 Å². The first-order valence-corrected chi connectivity index (χ1v) is 10.3. The summed E-state index contributed by atoms with van der Waals surface area (Å²) >= 11 is 7.88. The van der Waals surface area contributed by atoms with Crippen LogP contribution >= 0.6 is 23.4 Å². The van der Waals surface area contributed by atoms with Gasteiger partial charge in [0, 0.05) is 23.0 Å². The maximum atomic E-state index is 11.6. The number of thioether (sulfide) groups is 1. The van der Waals surface area contributed by atoms with E-state index in [9.17, 15) is 9.90 Å². The van der Waals surface area contributed by atoms with E-state index in [1.807, 2.05) is 47.2 Å². The second-order valence-corrected chi connectivity index (χ2v) is 8.29. The number of aliphatic carboxylic acids is 1. The molecule has 1 N–H and O–H groups in total. The first-order valence-electron chi connectivity index (χ1n) is 8.94. The lowest BCUT2D eigenvalue weighted by atomic mass is 10.0. The summed E-state index contributed by atoms with van der Waals surface area (Å²) in [6.07, 6.45) is 3.49. The predicted octanol–water partition coefficient (Wildman–Crippen LogP) is 4.89. The summed E-state index contributed by atoms with van der Waals surface area (Å²) in [5.41, 5.74) is 2.76. The van der Waals surface area contributed by atoms with Gasteiger partial charge < -0.3 is 19.1 Å². The number of halogens is 1. The number of benzene rings is 2. The number of methoxy groups -OCH3 is 2. The van der Waals surface area contributed by atoms with Crippen LogP contribution in [0.4, 0.5) is 0 Å². The maximum Gasteiger partial charge on any atom is 0.304 e. The molecular formula is C21H19ClN2O4S. The van der Waals surface area contributed by atoms with Gasteiger partial charge in [-0.25, -0.2) is 4.98 Å². The molecule has 8 heteroatoms. The Morgan fingerprint density at radius 3 is 2.79 bits per heavy atom. The van der Waals surface area contributed by atoms with Crippen molar-refractivity contribution >= 4 is 29.3 Å². The Kier molecular flexibility index (Phi) is 5.43. The Morgan fingerprint density at radius 2 is 2.07 bits per heavy atom. The third-order valence-electron chi connectivity index (χ3n) is 4.87. The van der Waals surface area contributed by atoms with Crippen molar-refractivity contribution in [3.8, 4) is 17.2 Å². The second kappa shape index (κ2) is 8.00. The van der Waals surface area contributed by atoms with E-state index >= 15 is 0 Å². The quantitative estimate of drug-likeness (QED) is 0.621. The number of nitrogens with zero attached hydrogens (tertiary/aromatic N) is 2. The highest BCUT2D eigenvalue weighted by molar-refractivity contribution is 8.00. The Hall–Kier alpha value is -2.64. The summed E-state index contributed by atoms with van der Waals surface area (Å²) in [5, 5.41) is 9.54. The van der Waals surface area contributed by atoms with Crippen LogP contribution < -0.4 is 9.47 Å². The molecule has 0 fully saturated rings. The molecule has 3 aromatic rings. The van der Waals surface area contributed by atoms with Crippen molar-refractivity contribution < 1.29 is 19.4 Å². The molecule has 0 amide bonds. The number of carboxylic acids is 1. The number of carboxylic acid groups (broad SMARTS) is 1. The average Bonchev–Trinajstić information content (AvgIpc) is 3.15. The molecule has 4 rings (SSSR count). The van der Waals surface area contributed by atoms with Crippen LogP contribution in [-0.2, 0) is 4.79 Å². The summed E-state index contributed by atoms with van der Waals surface area (Å²) in [4.78, 5) is 16.1. The number of carbonyl (C=O) groups is 1. The van der Waals surface area contributed by atoms with Gasteiger partial charge in [-0.2, -0.15) is 0 Å². The van der Waals surface area contributed by atoms with Crippen LogP contribution in [0, 0.1) is 0 Å². The fourth-order valence-electron chi connectivity index (χ4n) is 3.67. The molecule has 0 radical (unpaired) electrons. The van der Waals surface area contributed by atoms with Gasteiger partial charge in [-0.1, -0.05) is 23.7 Å². The highest BCUT2D eigenvalue weighted by Crippen LogP contribution is 2.53. The summed E-state index contributed by atoms with van der Waals surface area (Å²) in [7, 11) is 3.19. The molecular weight excluding hydrogens is 412 g/mol. The van der Waals surface area contributed by atoms with Gasteiger partial charge in [-0.15, -0.1) is 11.8 Å². The molecule has 0 spiro atoms. The topological polar surface area (TPSA) is 73.6 Å². The standard InChI is InChI=1S/C21H19ClN2O4S/c1-27-16-5-3-4-13(19(16)28-2)20-14-10-12(22)6-7-15(14)24-9-8-23-21(24)17(29-20)11-18(25)26/h3-10,17,20H,11H2,1-2H3,(H,25,26)/t17-,20-/m0/s1. The molecule has 0 bridgehead atoms. The summed E-state index contributed by atoms with van der Waals surface area (Å²) in [6.45, 7) is 0. The number of rotatable bonds is 5. The van der Waals surface area contributed by atoms with Crippen molar-refractivity contribution in [1.82, 2.24) is 9.55 Å². The van der Waals surface area contributed by atoms with Crippen LogP contribution in [0.15, 0.2) is 48.8 Å². The van der Waals surface area contributed by atoms with Crippen LogP contribution in [0.5, 0.6) is 11.5 Å². The van der Waals surface area contributed by atoms with Gasteiger partial charge in [-0.05, 0) is 29.8 Å². The highest BCUT2D eigenvalue weighted by atomic mass is 35.5. The van der Waals surface area contributed by atoms with E-state index in [0.29, 0.717) is 22.3 Å². The van der Waals surface area contributed by atoms with Gasteiger partial charge in [0.15, 0.2) is 11.5 Å². The van der Waals surface area contributed by atoms with Gasteiger partial charge in [-0.3, -0.25) is 4.79 Å². The molecule has 2 atom stereocenters. The first-order chi connectivity index (χ1) is 14.0. The van der Waals surface area contributed by atoms with Crippen molar-refractivity contribution in [2.24, 2.45) is 0 Å². The summed E-state index contributed by atoms with van der Waals surface area (Å²) in [5.74, 6) is 1.06. The second-order valence-electron chi connectivity index (χ2n) is 6.54. The minimum atomic E-state index is -0.877. The maximum absolute atomic E-state index is 11.6. The van der Waals surface area contributed by atoms with Gasteiger partial charge in [0.25, 0.3) is 0 Å². The zero-order chi connectivity index (χ0) is 20.5. The van der Waals surface area contributed by atoms with Crippen molar-refractivity contribution in [2.75, 3.05) is 14.2 Å². The monoisotopic (exact) mass is 430 g/mol. The number of para-hydroxylation sites is 1. The van der Waals surface area contributed by atoms with Gasteiger partial charge in [0.2, 0.25) is 0 Å². The Labute approximate surface area is 177 Å². The molecule has 29 heavy (non-hydrogen) atoms. The molecule has 2 aromatic carbocycles. The van der Waals surface area contributed by atoms with E-state index < -0.39 is 5.97 Å². The average molecular weight is 431 g/mol. The zero-order valence-electron chi connectivity index (χ0n) is 15.8. The lowest BCUT2D eigenvalue weighted by molar-refractivity contribution is -0.137. The molecule has 0 unspecified atom stereocenters. The van der Waals surface area contributed by atoms with Crippen molar-refractivity contribution in [3.63, 3.8) is 0 Å². The zero-order valence-corrected chi connectivity index (χ0v) is 17.4. The summed E-state index contributed by atoms with van der Waals surface area (Å²) < 4.78 is 13.1. The lowest BCUT2D eigenvalue weighted by Crippen LogP contribution is -2.08. The van der Waals surface area contributed by atoms with E-state index in [1.54, 1.807) is 20.4 Å². The number of ether oxygens (including phenoxy) is 2. The SMILES string of the molecule is COc1cccc([C@@H]2S[C@@H](CC(=O)O)c3nccn3-c3ccc(Cl)cc32)c1OC. The molecule has 2 heterocycles. The number of hydrogen-bond acceptors (Lipinski definition) is 5. The number of fused-ring (bicyclic) bond motifs is 3. The minimum absolute atomic E-state index is 0.0494. The first kappa shape index (κ1) is 19.7. The van der Waals surface area contributed by atoms with Crippen molar-refractivity contribution in [1.29, 1.82) is 0 Å². The molecule has 0 saturated heterocycles. The van der Waals surface area contributed by atoms with Crippen molar-refractivity contribution in [2.45, 2.75) is 16.9 Å². The van der Waals surface area contributed by atoms with Gasteiger partial charge in [0.1, 0.15) is 5.82 Å². The number of imidazole rings is 1. The molecule has 0 saturated carbocycles. The minimum Gasteiger partial charge on any atom is -0.493 e. The number of hydrogen-bond donors (Lipinski definition) is 1. The molecule has 1 aliphatic heterocycles. The lowest BCUT2D eigenvalue weighted by Gasteiger charge is -2.23. The third-order valence-corrected chi connectivity index (χ3v) is 6.59. The normalized spacial score (nSPS) is 17.8. The third kappa shape index (κ3) is 3.56. The van der Waals surface area contributed by atoms with Crippen LogP contribution in [0.25, 0.3) is 5.69 Å². The fraction of sp³-hybridized carbons (Fsp3) is 0.238. The van der Waals surface area contributed by atoms with E-state index in [-0.39, 0.29) is 16.9 Å². The predicted molar refractivity (Wildman–Crippen MR) is 113 cm³/mol. The largest absolute Gasteiger partial charge is 0.493 e. The van der Waals surface area contributed by atoms with Crippen molar-refractivity contribution in [3.05, 3.63) is 70.8 Å². The molecule has 150 valence electrons. The van der Waals surface area contributed by atoms with E-state index in [2.05, 4.69) is 4.98 Å². The van der Waals surface area contributed by atoms with Gasteiger partial charge >= 0.3 is 5.97 Å². The summed E-state index contributed by atoms with van der Waals surface area (Å²) in [6, 6.07) is 11.4. The molecule has 1 aliphatic rings. The Bertz CT molecular complexity index is 1070. The number of aromatic nitrogens is 2. The highest BCUT2D eigenvalue weighted by Gasteiger charge is 2.34. The molecule has 1 aromatic heterocycles. The van der Waals surface area contributed by atoms with Gasteiger partial charge in [0.05, 0.1) is 36.8 Å².